The van der Waals surface area contributed by atoms with Crippen LogP contribution < -0.4 is 0 Å². The molecule has 3 aliphatic rings. The van der Waals surface area contributed by atoms with Crippen LogP contribution in [0.4, 0.5) is 0 Å². The molecule has 3 aliphatic carbocycles. The molecule has 3 saturated carbocycles. The average Bonchev–Trinajstić information content (AvgIpc) is 2.78. The van der Waals surface area contributed by atoms with E-state index in [4.69, 9.17) is 16.0 Å². The van der Waals surface area contributed by atoms with Crippen molar-refractivity contribution in [1.29, 1.82) is 0 Å². The zero-order chi connectivity index (χ0) is 11.4. The Labute approximate surface area is 106 Å². The van der Waals surface area contributed by atoms with Crippen LogP contribution in [-0.2, 0) is 6.42 Å². The lowest BCUT2D eigenvalue weighted by molar-refractivity contribution is 0.409. The molecule has 0 spiro atoms. The summed E-state index contributed by atoms with van der Waals surface area (Å²) in [5.74, 6) is 6.67. The second-order valence-corrected chi connectivity index (χ2v) is 6.22. The first-order valence-electron chi connectivity index (χ1n) is 6.76. The van der Waals surface area contributed by atoms with Crippen LogP contribution in [0.2, 0.25) is 0 Å². The molecule has 0 saturated heterocycles. The molecule has 0 amide bonds. The molecule has 4 rings (SSSR count). The number of aromatic nitrogens is 2. The van der Waals surface area contributed by atoms with Crippen LogP contribution in [0.25, 0.3) is 0 Å². The maximum Gasteiger partial charge on any atom is 0.220 e. The summed E-state index contributed by atoms with van der Waals surface area (Å²) in [4.78, 5) is 0. The number of halogens is 1. The summed E-state index contributed by atoms with van der Waals surface area (Å²) in [5.41, 5.74) is 0. The van der Waals surface area contributed by atoms with Crippen LogP contribution in [0.1, 0.15) is 43.4 Å². The van der Waals surface area contributed by atoms with E-state index in [0.717, 1.165) is 48.3 Å². The number of fused-ring (bicyclic) bond motifs is 5. The van der Waals surface area contributed by atoms with Gasteiger partial charge in [0.2, 0.25) is 11.8 Å². The Bertz CT molecular complexity index is 417. The number of nitrogens with zero attached hydrogens (tertiary/aromatic N) is 2. The van der Waals surface area contributed by atoms with E-state index in [9.17, 15) is 0 Å². The molecule has 1 aromatic rings. The first-order chi connectivity index (χ1) is 8.38. The van der Waals surface area contributed by atoms with Gasteiger partial charge < -0.3 is 4.42 Å². The summed E-state index contributed by atoms with van der Waals surface area (Å²) in [6.07, 6.45) is 6.10. The lowest BCUT2D eigenvalue weighted by Crippen LogP contribution is -1.97. The summed E-state index contributed by atoms with van der Waals surface area (Å²) in [6, 6.07) is 0. The van der Waals surface area contributed by atoms with Gasteiger partial charge in [0.25, 0.3) is 0 Å². The maximum atomic E-state index is 5.79. The molecule has 3 fully saturated rings. The molecule has 0 aliphatic heterocycles. The van der Waals surface area contributed by atoms with E-state index in [-0.39, 0.29) is 0 Å². The van der Waals surface area contributed by atoms with Crippen LogP contribution >= 0.6 is 11.6 Å². The summed E-state index contributed by atoms with van der Waals surface area (Å²) in [7, 11) is 0. The van der Waals surface area contributed by atoms with Gasteiger partial charge in [0.05, 0.1) is 0 Å². The summed E-state index contributed by atoms with van der Waals surface area (Å²) in [5, 5.41) is 8.39. The molecule has 17 heavy (non-hydrogen) atoms. The molecule has 3 nitrogen and oxygen atoms in total. The first kappa shape index (κ1) is 10.4. The predicted octanol–water partition coefficient (Wildman–Crippen LogP) is 3.00. The third-order valence-corrected chi connectivity index (χ3v) is 5.29. The van der Waals surface area contributed by atoms with Gasteiger partial charge in [-0.05, 0) is 49.4 Å². The largest absolute Gasteiger partial charge is 0.425 e. The van der Waals surface area contributed by atoms with Crippen LogP contribution in [0.15, 0.2) is 4.42 Å². The summed E-state index contributed by atoms with van der Waals surface area (Å²) in [6.45, 7) is 0. The molecule has 1 aromatic heterocycles. The fourth-order valence-electron chi connectivity index (χ4n) is 4.38. The fraction of sp³-hybridized carbons (Fsp3) is 0.846. The number of alkyl halides is 1. The minimum atomic E-state index is 0.610. The molecule has 4 unspecified atom stereocenters. The van der Waals surface area contributed by atoms with E-state index >= 15 is 0 Å². The molecular formula is C13H17ClN2O. The minimum absolute atomic E-state index is 0.610. The SMILES string of the molecule is ClCCCc1nnc(C2C3C4CCC(C4)C23)o1. The Hall–Kier alpha value is -0.570. The van der Waals surface area contributed by atoms with Crippen LogP contribution in [-0.4, -0.2) is 16.1 Å². The van der Waals surface area contributed by atoms with Gasteiger partial charge >= 0.3 is 0 Å². The Morgan fingerprint density at radius 1 is 1.18 bits per heavy atom. The number of hydrogen-bond acceptors (Lipinski definition) is 3. The number of aryl methyl sites for hydroxylation is 1. The Morgan fingerprint density at radius 3 is 2.65 bits per heavy atom. The highest BCUT2D eigenvalue weighted by Crippen LogP contribution is 2.72. The minimum Gasteiger partial charge on any atom is -0.425 e. The Morgan fingerprint density at radius 2 is 1.94 bits per heavy atom. The van der Waals surface area contributed by atoms with E-state index in [1.165, 1.54) is 19.3 Å². The molecule has 0 aromatic carbocycles. The highest BCUT2D eigenvalue weighted by atomic mass is 35.5. The zero-order valence-corrected chi connectivity index (χ0v) is 10.6. The summed E-state index contributed by atoms with van der Waals surface area (Å²) < 4.78 is 5.79. The molecular weight excluding hydrogens is 236 g/mol. The maximum absolute atomic E-state index is 5.79. The molecule has 0 N–H and O–H groups in total. The van der Waals surface area contributed by atoms with Gasteiger partial charge in [-0.25, -0.2) is 0 Å². The standard InChI is InChI=1S/C13H17ClN2O/c14-5-1-2-9-15-16-13(17-9)12-10-7-3-4-8(6-7)11(10)12/h7-8,10-12H,1-6H2. The molecule has 4 atom stereocenters. The van der Waals surface area contributed by atoms with E-state index in [0.29, 0.717) is 11.8 Å². The van der Waals surface area contributed by atoms with Crippen molar-refractivity contribution in [3.63, 3.8) is 0 Å². The lowest BCUT2D eigenvalue weighted by atomic mass is 10.0. The highest BCUT2D eigenvalue weighted by molar-refractivity contribution is 6.17. The van der Waals surface area contributed by atoms with Gasteiger partial charge in [-0.2, -0.15) is 0 Å². The third-order valence-electron chi connectivity index (χ3n) is 5.03. The molecule has 4 heteroatoms. The monoisotopic (exact) mass is 252 g/mol. The molecule has 92 valence electrons. The molecule has 1 heterocycles. The smallest absolute Gasteiger partial charge is 0.220 e. The second-order valence-electron chi connectivity index (χ2n) is 5.84. The van der Waals surface area contributed by atoms with Crippen molar-refractivity contribution in [3.05, 3.63) is 11.8 Å². The van der Waals surface area contributed by atoms with Crippen molar-refractivity contribution >= 4 is 11.6 Å². The normalized spacial score (nSPS) is 41.8. The summed E-state index contributed by atoms with van der Waals surface area (Å²) >= 11 is 5.67. The van der Waals surface area contributed by atoms with Crippen molar-refractivity contribution < 1.29 is 4.42 Å². The molecule has 0 radical (unpaired) electrons. The van der Waals surface area contributed by atoms with Crippen molar-refractivity contribution in [2.45, 2.75) is 38.0 Å². The quantitative estimate of drug-likeness (QED) is 0.774. The van der Waals surface area contributed by atoms with E-state index in [1.807, 2.05) is 0 Å². The third kappa shape index (κ3) is 1.48. The zero-order valence-electron chi connectivity index (χ0n) is 9.81. The van der Waals surface area contributed by atoms with Crippen LogP contribution in [0.3, 0.4) is 0 Å². The van der Waals surface area contributed by atoms with Gasteiger partial charge in [0, 0.05) is 18.2 Å². The topological polar surface area (TPSA) is 38.9 Å². The van der Waals surface area contributed by atoms with Gasteiger partial charge in [0.1, 0.15) is 0 Å². The van der Waals surface area contributed by atoms with Gasteiger partial charge in [-0.15, -0.1) is 21.8 Å². The van der Waals surface area contributed by atoms with E-state index in [1.54, 1.807) is 0 Å². The lowest BCUT2D eigenvalue weighted by Gasteiger charge is -2.04. The fourth-order valence-corrected chi connectivity index (χ4v) is 4.51. The van der Waals surface area contributed by atoms with Crippen molar-refractivity contribution in [2.24, 2.45) is 23.7 Å². The van der Waals surface area contributed by atoms with Crippen molar-refractivity contribution in [3.8, 4) is 0 Å². The van der Waals surface area contributed by atoms with Crippen molar-refractivity contribution in [1.82, 2.24) is 10.2 Å². The molecule has 2 bridgehead atoms. The Kier molecular flexibility index (Phi) is 2.26. The Balaban J connectivity index is 1.48. The van der Waals surface area contributed by atoms with Crippen LogP contribution in [0, 0.1) is 23.7 Å². The van der Waals surface area contributed by atoms with Gasteiger partial charge in [-0.3, -0.25) is 0 Å². The number of hydrogen-bond donors (Lipinski definition) is 0. The van der Waals surface area contributed by atoms with E-state index in [2.05, 4.69) is 10.2 Å². The van der Waals surface area contributed by atoms with Gasteiger partial charge in [0.15, 0.2) is 0 Å². The van der Waals surface area contributed by atoms with Gasteiger partial charge in [-0.1, -0.05) is 0 Å². The predicted molar refractivity (Wildman–Crippen MR) is 63.9 cm³/mol. The van der Waals surface area contributed by atoms with E-state index < -0.39 is 0 Å². The highest BCUT2D eigenvalue weighted by Gasteiger charge is 2.67. The number of rotatable bonds is 4. The van der Waals surface area contributed by atoms with Crippen LogP contribution in [0.5, 0.6) is 0 Å². The second kappa shape index (κ2) is 3.71. The first-order valence-corrected chi connectivity index (χ1v) is 7.30. The van der Waals surface area contributed by atoms with Crippen molar-refractivity contribution in [2.75, 3.05) is 5.88 Å². The average molecular weight is 253 g/mol.